The van der Waals surface area contributed by atoms with Crippen molar-refractivity contribution in [1.82, 2.24) is 4.98 Å². The Hall–Kier alpha value is -1.69. The van der Waals surface area contributed by atoms with Crippen molar-refractivity contribution in [3.8, 4) is 11.3 Å². The van der Waals surface area contributed by atoms with Gasteiger partial charge in [-0.1, -0.05) is 0 Å². The minimum Gasteiger partial charge on any atom is -0.298 e. The van der Waals surface area contributed by atoms with Crippen LogP contribution in [0.15, 0.2) is 29.1 Å². The zero-order valence-corrected chi connectivity index (χ0v) is 9.18. The average Bonchev–Trinajstić information content (AvgIpc) is 2.80. The highest BCUT2D eigenvalue weighted by Gasteiger charge is 2.31. The molecule has 2 aromatic rings. The van der Waals surface area contributed by atoms with Crippen molar-refractivity contribution in [3.05, 3.63) is 40.2 Å². The molecule has 0 atom stereocenters. The predicted molar refractivity (Wildman–Crippen MR) is 57.9 cm³/mol. The lowest BCUT2D eigenvalue weighted by atomic mass is 10.0. The van der Waals surface area contributed by atoms with Gasteiger partial charge in [-0.3, -0.25) is 4.79 Å². The number of carbonyl (C=O) groups excluding carboxylic acids is 1. The highest BCUT2D eigenvalue weighted by atomic mass is 32.1. The summed E-state index contributed by atoms with van der Waals surface area (Å²) in [6.45, 7) is 0. The standard InChI is InChI=1S/C11H6F3NOS/c12-11(13,14)9-2-7(4-16)1-8(3-9)10-5-17-6-15-10/h1-6H. The monoisotopic (exact) mass is 257 g/mol. The quantitative estimate of drug-likeness (QED) is 0.769. The van der Waals surface area contributed by atoms with Gasteiger partial charge in [-0.15, -0.1) is 11.3 Å². The van der Waals surface area contributed by atoms with Crippen LogP contribution in [0.25, 0.3) is 11.3 Å². The molecule has 2 nitrogen and oxygen atoms in total. The molecule has 0 saturated carbocycles. The lowest BCUT2D eigenvalue weighted by Crippen LogP contribution is -2.06. The minimum atomic E-state index is -4.47. The van der Waals surface area contributed by atoms with Gasteiger partial charge in [-0.2, -0.15) is 13.2 Å². The Morgan fingerprint density at radius 3 is 2.53 bits per heavy atom. The van der Waals surface area contributed by atoms with Gasteiger partial charge < -0.3 is 0 Å². The zero-order valence-electron chi connectivity index (χ0n) is 8.36. The van der Waals surface area contributed by atoms with Crippen molar-refractivity contribution in [3.63, 3.8) is 0 Å². The molecule has 6 heteroatoms. The second-order valence-corrected chi connectivity index (χ2v) is 4.05. The van der Waals surface area contributed by atoms with Gasteiger partial charge in [0, 0.05) is 16.5 Å². The second kappa shape index (κ2) is 4.29. The van der Waals surface area contributed by atoms with Gasteiger partial charge in [0.2, 0.25) is 0 Å². The Labute approximate surface area is 98.7 Å². The molecule has 0 aliphatic carbocycles. The molecule has 0 bridgehead atoms. The van der Waals surface area contributed by atoms with Gasteiger partial charge in [-0.05, 0) is 18.2 Å². The Kier molecular flexibility index (Phi) is 2.97. The zero-order chi connectivity index (χ0) is 12.5. The average molecular weight is 257 g/mol. The minimum absolute atomic E-state index is 0.0113. The lowest BCUT2D eigenvalue weighted by molar-refractivity contribution is -0.137. The first-order valence-electron chi connectivity index (χ1n) is 4.57. The molecule has 0 saturated heterocycles. The van der Waals surface area contributed by atoms with Crippen LogP contribution in [0.1, 0.15) is 15.9 Å². The smallest absolute Gasteiger partial charge is 0.298 e. The third-order valence-electron chi connectivity index (χ3n) is 2.15. The number of hydrogen-bond acceptors (Lipinski definition) is 3. The first-order chi connectivity index (χ1) is 8.00. The number of nitrogens with zero attached hydrogens (tertiary/aromatic N) is 1. The van der Waals surface area contributed by atoms with Crippen LogP contribution in [-0.2, 0) is 6.18 Å². The van der Waals surface area contributed by atoms with E-state index in [1.54, 1.807) is 5.38 Å². The highest BCUT2D eigenvalue weighted by molar-refractivity contribution is 7.07. The molecule has 17 heavy (non-hydrogen) atoms. The van der Waals surface area contributed by atoms with Crippen LogP contribution in [0, 0.1) is 0 Å². The third kappa shape index (κ3) is 2.52. The van der Waals surface area contributed by atoms with Crippen molar-refractivity contribution in [1.29, 1.82) is 0 Å². The van der Waals surface area contributed by atoms with E-state index < -0.39 is 11.7 Å². The summed E-state index contributed by atoms with van der Waals surface area (Å²) in [6.07, 6.45) is -4.07. The van der Waals surface area contributed by atoms with Crippen LogP contribution in [0.2, 0.25) is 0 Å². The molecule has 2 rings (SSSR count). The maximum atomic E-state index is 12.6. The van der Waals surface area contributed by atoms with E-state index in [1.807, 2.05) is 0 Å². The highest BCUT2D eigenvalue weighted by Crippen LogP contribution is 2.33. The van der Waals surface area contributed by atoms with Crippen molar-refractivity contribution in [2.24, 2.45) is 0 Å². The molecule has 0 N–H and O–H groups in total. The van der Waals surface area contributed by atoms with Crippen LogP contribution in [0.3, 0.4) is 0 Å². The number of rotatable bonds is 2. The molecule has 1 aromatic heterocycles. The fourth-order valence-corrected chi connectivity index (χ4v) is 1.95. The summed E-state index contributed by atoms with van der Waals surface area (Å²) in [4.78, 5) is 14.5. The van der Waals surface area contributed by atoms with Crippen molar-refractivity contribution < 1.29 is 18.0 Å². The summed E-state index contributed by atoms with van der Waals surface area (Å²) in [6, 6.07) is 3.20. The summed E-state index contributed by atoms with van der Waals surface area (Å²) >= 11 is 1.28. The molecule has 0 aliphatic rings. The topological polar surface area (TPSA) is 30.0 Å². The first kappa shape index (κ1) is 11.8. The summed E-state index contributed by atoms with van der Waals surface area (Å²) < 4.78 is 37.8. The van der Waals surface area contributed by atoms with Gasteiger partial charge in [0.05, 0.1) is 16.8 Å². The van der Waals surface area contributed by atoms with Gasteiger partial charge in [0.15, 0.2) is 0 Å². The fourth-order valence-electron chi connectivity index (χ4n) is 1.39. The summed E-state index contributed by atoms with van der Waals surface area (Å²) in [5.41, 5.74) is 1.40. The van der Waals surface area contributed by atoms with Gasteiger partial charge in [-0.25, -0.2) is 4.98 Å². The number of thiazole rings is 1. The Balaban J connectivity index is 2.58. The summed E-state index contributed by atoms with van der Waals surface area (Å²) in [5.74, 6) is 0. The van der Waals surface area contributed by atoms with E-state index in [9.17, 15) is 18.0 Å². The number of carbonyl (C=O) groups is 1. The second-order valence-electron chi connectivity index (χ2n) is 3.33. The fraction of sp³-hybridized carbons (Fsp3) is 0.0909. The normalized spacial score (nSPS) is 11.5. The molecule has 0 spiro atoms. The van der Waals surface area contributed by atoms with Crippen LogP contribution in [-0.4, -0.2) is 11.3 Å². The molecular formula is C11H6F3NOS. The number of hydrogen-bond donors (Lipinski definition) is 0. The van der Waals surface area contributed by atoms with Crippen LogP contribution in [0.4, 0.5) is 13.2 Å². The van der Waals surface area contributed by atoms with E-state index in [0.717, 1.165) is 12.1 Å². The van der Waals surface area contributed by atoms with Crippen molar-refractivity contribution in [2.45, 2.75) is 6.18 Å². The molecule has 88 valence electrons. The SMILES string of the molecule is O=Cc1cc(-c2cscn2)cc(C(F)(F)F)c1. The number of alkyl halides is 3. The number of benzene rings is 1. The molecule has 0 radical (unpaired) electrons. The predicted octanol–water partition coefficient (Wildman–Crippen LogP) is 3.64. The van der Waals surface area contributed by atoms with Crippen molar-refractivity contribution >= 4 is 17.6 Å². The molecule has 0 unspecified atom stereocenters. The Bertz CT molecular complexity index is 534. The van der Waals surface area contributed by atoms with E-state index in [1.165, 1.54) is 22.9 Å². The maximum Gasteiger partial charge on any atom is 0.416 e. The maximum absolute atomic E-state index is 12.6. The van der Waals surface area contributed by atoms with E-state index in [4.69, 9.17) is 0 Å². The van der Waals surface area contributed by atoms with Gasteiger partial charge in [0.1, 0.15) is 6.29 Å². The molecule has 0 fully saturated rings. The largest absolute Gasteiger partial charge is 0.416 e. The van der Waals surface area contributed by atoms with Crippen LogP contribution >= 0.6 is 11.3 Å². The first-order valence-corrected chi connectivity index (χ1v) is 5.51. The van der Waals surface area contributed by atoms with Gasteiger partial charge in [0.25, 0.3) is 0 Å². The van der Waals surface area contributed by atoms with E-state index >= 15 is 0 Å². The van der Waals surface area contributed by atoms with Crippen molar-refractivity contribution in [2.75, 3.05) is 0 Å². The number of aldehydes is 1. The van der Waals surface area contributed by atoms with Crippen LogP contribution < -0.4 is 0 Å². The lowest BCUT2D eigenvalue weighted by Gasteiger charge is -2.09. The Morgan fingerprint density at radius 1 is 1.24 bits per heavy atom. The molecule has 0 aliphatic heterocycles. The summed E-state index contributed by atoms with van der Waals surface area (Å²) in [7, 11) is 0. The number of halogens is 3. The van der Waals surface area contributed by atoms with E-state index in [2.05, 4.69) is 4.98 Å². The van der Waals surface area contributed by atoms with E-state index in [0.29, 0.717) is 17.5 Å². The molecular weight excluding hydrogens is 251 g/mol. The van der Waals surface area contributed by atoms with E-state index in [-0.39, 0.29) is 5.56 Å². The van der Waals surface area contributed by atoms with Gasteiger partial charge >= 0.3 is 6.18 Å². The molecule has 1 aromatic carbocycles. The van der Waals surface area contributed by atoms with Crippen LogP contribution in [0.5, 0.6) is 0 Å². The summed E-state index contributed by atoms with van der Waals surface area (Å²) in [5, 5.41) is 1.63. The Morgan fingerprint density at radius 2 is 2.00 bits per heavy atom. The molecule has 0 amide bonds. The third-order valence-corrected chi connectivity index (χ3v) is 2.73. The molecule has 1 heterocycles. The number of aromatic nitrogens is 1.